The minimum atomic E-state index is 0.0852. The van der Waals surface area contributed by atoms with Gasteiger partial charge in [-0.1, -0.05) is 37.1 Å². The van der Waals surface area contributed by atoms with E-state index < -0.39 is 0 Å². The van der Waals surface area contributed by atoms with Crippen molar-refractivity contribution < 1.29 is 4.79 Å². The third kappa shape index (κ3) is 5.85. The molecule has 2 heterocycles. The number of fused-ring (bicyclic) bond motifs is 1. The predicted molar refractivity (Wildman–Crippen MR) is 143 cm³/mol. The van der Waals surface area contributed by atoms with Crippen LogP contribution in [-0.4, -0.2) is 38.2 Å². The van der Waals surface area contributed by atoms with Crippen molar-refractivity contribution in [3.05, 3.63) is 65.2 Å². The Kier molecular flexibility index (Phi) is 7.17. The highest BCUT2D eigenvalue weighted by atomic mass is 16.1. The highest BCUT2D eigenvalue weighted by Crippen LogP contribution is 2.34. The van der Waals surface area contributed by atoms with Gasteiger partial charge in [0.15, 0.2) is 5.82 Å². The number of rotatable bonds is 8. The molecule has 8 heteroatoms. The molecule has 2 fully saturated rings. The number of hydrogen-bond donors (Lipinski definition) is 4. The minimum absolute atomic E-state index is 0.0852. The lowest BCUT2D eigenvalue weighted by atomic mass is 9.90. The Balaban J connectivity index is 0.938. The number of anilines is 2. The summed E-state index contributed by atoms with van der Waals surface area (Å²) < 4.78 is 0. The number of hydrogen-bond acceptors (Lipinski definition) is 6. The summed E-state index contributed by atoms with van der Waals surface area (Å²) in [6.45, 7) is 0.630. The van der Waals surface area contributed by atoms with Gasteiger partial charge in [-0.15, -0.1) is 0 Å². The molecule has 4 N–H and O–H groups in total. The average molecular weight is 500 g/mol. The van der Waals surface area contributed by atoms with E-state index in [-0.39, 0.29) is 17.9 Å². The molecule has 0 spiro atoms. The first kappa shape index (κ1) is 24.1. The summed E-state index contributed by atoms with van der Waals surface area (Å²) in [7, 11) is 0. The SMILES string of the molecule is O=C(NC1CCC(NCc2nccc(Nc3cc(C4CCCC4)[nH]n3)n2)CC1)C1Cc2ccccc2C1. The van der Waals surface area contributed by atoms with Gasteiger partial charge in [0.05, 0.1) is 6.54 Å². The van der Waals surface area contributed by atoms with Crippen molar-refractivity contribution in [1.29, 1.82) is 0 Å². The van der Waals surface area contributed by atoms with Crippen LogP contribution >= 0.6 is 0 Å². The molecule has 1 amide bonds. The normalized spacial score (nSPS) is 22.2. The van der Waals surface area contributed by atoms with E-state index >= 15 is 0 Å². The van der Waals surface area contributed by atoms with E-state index in [0.29, 0.717) is 18.5 Å². The van der Waals surface area contributed by atoms with E-state index in [9.17, 15) is 4.79 Å². The Hall–Kier alpha value is -3.26. The number of carbonyl (C=O) groups excluding carboxylic acids is 1. The molecule has 37 heavy (non-hydrogen) atoms. The van der Waals surface area contributed by atoms with Gasteiger partial charge in [0.1, 0.15) is 11.6 Å². The lowest BCUT2D eigenvalue weighted by Gasteiger charge is -2.30. The predicted octanol–water partition coefficient (Wildman–Crippen LogP) is 4.53. The maximum Gasteiger partial charge on any atom is 0.223 e. The first-order valence-electron chi connectivity index (χ1n) is 13.9. The number of aromatic nitrogens is 4. The second-order valence-corrected chi connectivity index (χ2v) is 11.0. The number of carbonyl (C=O) groups is 1. The van der Waals surface area contributed by atoms with E-state index in [1.54, 1.807) is 6.20 Å². The van der Waals surface area contributed by atoms with Crippen molar-refractivity contribution in [2.24, 2.45) is 5.92 Å². The number of H-pyrrole nitrogens is 1. The summed E-state index contributed by atoms with van der Waals surface area (Å²) in [5.74, 6) is 3.25. The largest absolute Gasteiger partial charge is 0.353 e. The third-order valence-electron chi connectivity index (χ3n) is 8.40. The topological polar surface area (TPSA) is 108 Å². The van der Waals surface area contributed by atoms with Crippen LogP contribution in [0.5, 0.6) is 0 Å². The number of nitrogens with one attached hydrogen (secondary N) is 4. The lowest BCUT2D eigenvalue weighted by Crippen LogP contribution is -2.44. The van der Waals surface area contributed by atoms with Crippen molar-refractivity contribution >= 4 is 17.5 Å². The number of nitrogens with zero attached hydrogens (tertiary/aromatic N) is 3. The maximum absolute atomic E-state index is 12.8. The summed E-state index contributed by atoms with van der Waals surface area (Å²) in [5, 5.41) is 17.9. The molecular formula is C29H37N7O. The van der Waals surface area contributed by atoms with Gasteiger partial charge in [-0.05, 0) is 68.6 Å². The highest BCUT2D eigenvalue weighted by molar-refractivity contribution is 5.80. The third-order valence-corrected chi connectivity index (χ3v) is 8.40. The highest BCUT2D eigenvalue weighted by Gasteiger charge is 2.30. The minimum Gasteiger partial charge on any atom is -0.353 e. The Morgan fingerprint density at radius 3 is 2.41 bits per heavy atom. The van der Waals surface area contributed by atoms with Crippen LogP contribution in [0.25, 0.3) is 0 Å². The van der Waals surface area contributed by atoms with Crippen LogP contribution in [0.3, 0.4) is 0 Å². The van der Waals surface area contributed by atoms with Gasteiger partial charge in [0, 0.05) is 41.9 Å². The maximum atomic E-state index is 12.8. The molecule has 3 aromatic rings. The quantitative estimate of drug-likeness (QED) is 0.363. The van der Waals surface area contributed by atoms with Crippen LogP contribution < -0.4 is 16.0 Å². The molecule has 8 nitrogen and oxygen atoms in total. The first-order valence-corrected chi connectivity index (χ1v) is 13.9. The van der Waals surface area contributed by atoms with Crippen LogP contribution in [0, 0.1) is 5.92 Å². The van der Waals surface area contributed by atoms with Crippen molar-refractivity contribution in [2.75, 3.05) is 5.32 Å². The van der Waals surface area contributed by atoms with Crippen LogP contribution in [0.2, 0.25) is 0 Å². The zero-order valence-corrected chi connectivity index (χ0v) is 21.4. The molecule has 1 aromatic carbocycles. The Morgan fingerprint density at radius 1 is 0.919 bits per heavy atom. The van der Waals surface area contributed by atoms with Gasteiger partial charge in [-0.3, -0.25) is 9.89 Å². The average Bonchev–Trinajstić information content (AvgIpc) is 3.69. The standard InChI is InChI=1S/C29H37N7O/c37-29(22-15-20-7-3-4-8-21(20)16-22)32-24-11-9-23(10-12-24)31-18-28-30-14-13-26(34-28)33-27-17-25(35-36-27)19-5-1-2-6-19/h3-4,7-8,13-14,17,19,22-24,31H,1-2,5-6,9-12,15-16,18H2,(H,32,37)(H2,30,33,34,35,36). The molecule has 2 aromatic heterocycles. The van der Waals surface area contributed by atoms with Crippen molar-refractivity contribution in [2.45, 2.75) is 88.8 Å². The smallest absolute Gasteiger partial charge is 0.223 e. The van der Waals surface area contributed by atoms with Gasteiger partial charge in [0.2, 0.25) is 5.91 Å². The van der Waals surface area contributed by atoms with Crippen molar-refractivity contribution in [1.82, 2.24) is 30.8 Å². The summed E-state index contributed by atoms with van der Waals surface area (Å²) in [6.07, 6.45) is 12.7. The number of benzene rings is 1. The van der Waals surface area contributed by atoms with Gasteiger partial charge >= 0.3 is 0 Å². The fourth-order valence-corrected chi connectivity index (χ4v) is 6.27. The van der Waals surface area contributed by atoms with Gasteiger partial charge in [-0.25, -0.2) is 9.97 Å². The van der Waals surface area contributed by atoms with E-state index in [1.807, 2.05) is 6.07 Å². The molecule has 0 atom stereocenters. The molecule has 0 aliphatic heterocycles. The second-order valence-electron chi connectivity index (χ2n) is 11.0. The number of aromatic amines is 1. The van der Waals surface area contributed by atoms with Gasteiger partial charge in [0.25, 0.3) is 0 Å². The molecule has 0 unspecified atom stereocenters. The van der Waals surface area contributed by atoms with Crippen molar-refractivity contribution in [3.8, 4) is 0 Å². The zero-order valence-electron chi connectivity index (χ0n) is 21.4. The fourth-order valence-electron chi connectivity index (χ4n) is 6.27. The molecule has 2 saturated carbocycles. The van der Waals surface area contributed by atoms with Gasteiger partial charge < -0.3 is 16.0 Å². The van der Waals surface area contributed by atoms with Crippen LogP contribution in [0.4, 0.5) is 11.6 Å². The Bertz CT molecular complexity index is 1190. The van der Waals surface area contributed by atoms with Crippen LogP contribution in [0.1, 0.15) is 79.9 Å². The summed E-state index contributed by atoms with van der Waals surface area (Å²) in [5.41, 5.74) is 3.88. The zero-order chi connectivity index (χ0) is 25.0. The molecular weight excluding hydrogens is 462 g/mol. The lowest BCUT2D eigenvalue weighted by molar-refractivity contribution is -0.125. The van der Waals surface area contributed by atoms with E-state index in [0.717, 1.165) is 56.0 Å². The molecule has 0 bridgehead atoms. The van der Waals surface area contributed by atoms with Gasteiger partial charge in [-0.2, -0.15) is 5.10 Å². The monoisotopic (exact) mass is 499 g/mol. The first-order chi connectivity index (χ1) is 18.2. The van der Waals surface area contributed by atoms with E-state index in [4.69, 9.17) is 0 Å². The summed E-state index contributed by atoms with van der Waals surface area (Å²) in [4.78, 5) is 22.0. The fraction of sp³-hybridized carbons (Fsp3) is 0.517. The van der Waals surface area contributed by atoms with Crippen LogP contribution in [0.15, 0.2) is 42.6 Å². The second kappa shape index (κ2) is 11.0. The van der Waals surface area contributed by atoms with Crippen LogP contribution in [-0.2, 0) is 24.2 Å². The molecule has 3 aliphatic carbocycles. The summed E-state index contributed by atoms with van der Waals surface area (Å²) >= 11 is 0. The van der Waals surface area contributed by atoms with E-state index in [2.05, 4.69) is 66.4 Å². The Labute approximate surface area is 218 Å². The molecule has 194 valence electrons. The van der Waals surface area contributed by atoms with E-state index in [1.165, 1.54) is 42.5 Å². The van der Waals surface area contributed by atoms with Crippen molar-refractivity contribution in [3.63, 3.8) is 0 Å². The summed E-state index contributed by atoms with van der Waals surface area (Å²) in [6, 6.07) is 13.1. The molecule has 0 saturated heterocycles. The Morgan fingerprint density at radius 2 is 1.65 bits per heavy atom. The number of amides is 1. The molecule has 3 aliphatic rings. The molecule has 0 radical (unpaired) electrons. The molecule has 6 rings (SSSR count).